The van der Waals surface area contributed by atoms with Crippen molar-refractivity contribution in [3.8, 4) is 0 Å². The molecule has 0 amide bonds. The van der Waals surface area contributed by atoms with Crippen molar-refractivity contribution in [1.82, 2.24) is 0 Å². The monoisotopic (exact) mass is 1130 g/mol. The molecule has 0 saturated heterocycles. The highest BCUT2D eigenvalue weighted by Gasteiger charge is 2.49. The fourth-order valence-electron chi connectivity index (χ4n) is 9.36. The summed E-state index contributed by atoms with van der Waals surface area (Å²) in [4.78, 5) is -8.20. The number of hydrogen-bond acceptors (Lipinski definition) is 12. The van der Waals surface area contributed by atoms with E-state index in [1.54, 1.807) is 0 Å². The Hall–Kier alpha value is -1.08. The summed E-state index contributed by atoms with van der Waals surface area (Å²) in [5.41, 5.74) is 0. The second-order valence-corrected chi connectivity index (χ2v) is 32.8. The summed E-state index contributed by atoms with van der Waals surface area (Å²) in [6.45, 7) is 12.2. The second-order valence-electron chi connectivity index (χ2n) is 20.5. The zero-order valence-electron chi connectivity index (χ0n) is 46.0. The first-order chi connectivity index (χ1) is 34.1. The Balaban J connectivity index is 4.97. The summed E-state index contributed by atoms with van der Waals surface area (Å²) in [6.07, 6.45) is 21.3. The fourth-order valence-corrected chi connectivity index (χ4v) is 23.7. The molecule has 0 saturated carbocycles. The molecule has 0 aliphatic rings. The highest BCUT2D eigenvalue weighted by molar-refractivity contribution is 7.99. The molecule has 1 aromatic carbocycles. The first-order valence-corrected chi connectivity index (χ1v) is 38.6. The molecule has 0 radical (unpaired) electrons. The van der Waals surface area contributed by atoms with Gasteiger partial charge >= 0.3 is 0 Å². The normalized spacial score (nSPS) is 13.1. The van der Waals surface area contributed by atoms with Crippen LogP contribution < -0.4 is 0 Å². The Morgan fingerprint density at radius 2 is 0.264 bits per heavy atom. The van der Waals surface area contributed by atoms with Crippen LogP contribution in [0.2, 0.25) is 0 Å². The predicted molar refractivity (Wildman–Crippen MR) is 299 cm³/mol. The molecule has 0 heterocycles. The average Bonchev–Trinajstić information content (AvgIpc) is 3.32. The molecular formula is C54H102O12S6. The Kier molecular flexibility index (Phi) is 35.3. The van der Waals surface area contributed by atoms with E-state index < -0.39 is 123 Å². The van der Waals surface area contributed by atoms with Crippen LogP contribution in [0, 0.1) is 0 Å². The van der Waals surface area contributed by atoms with Crippen molar-refractivity contribution in [2.45, 2.75) is 302 Å². The first-order valence-electron chi connectivity index (χ1n) is 28.7. The quantitative estimate of drug-likeness (QED) is 0.0559. The van der Waals surface area contributed by atoms with Crippen molar-refractivity contribution in [2.75, 3.05) is 34.5 Å². The lowest BCUT2D eigenvalue weighted by Gasteiger charge is -2.26. The van der Waals surface area contributed by atoms with Gasteiger partial charge < -0.3 is 0 Å². The van der Waals surface area contributed by atoms with E-state index in [0.717, 1.165) is 116 Å². The Labute approximate surface area is 443 Å². The van der Waals surface area contributed by atoms with Crippen molar-refractivity contribution >= 4 is 59.0 Å². The van der Waals surface area contributed by atoms with Crippen molar-refractivity contribution < 1.29 is 50.5 Å². The van der Waals surface area contributed by atoms with Gasteiger partial charge in [-0.15, -0.1) is 0 Å². The lowest BCUT2D eigenvalue weighted by atomic mass is 10.1. The maximum absolute atomic E-state index is 15.4. The molecule has 0 aromatic heterocycles. The molecule has 0 bridgehead atoms. The summed E-state index contributed by atoms with van der Waals surface area (Å²) in [5.74, 6) is -4.77. The molecule has 12 nitrogen and oxygen atoms in total. The third-order valence-corrected chi connectivity index (χ3v) is 25.6. The third kappa shape index (κ3) is 24.9. The zero-order chi connectivity index (χ0) is 54.2. The highest BCUT2D eigenvalue weighted by Crippen LogP contribution is 2.47. The zero-order valence-corrected chi connectivity index (χ0v) is 50.9. The highest BCUT2D eigenvalue weighted by atomic mass is 32.2. The van der Waals surface area contributed by atoms with Crippen LogP contribution >= 0.6 is 0 Å². The van der Waals surface area contributed by atoms with Crippen LogP contribution in [0.5, 0.6) is 0 Å². The molecule has 0 fully saturated rings. The second kappa shape index (κ2) is 36.9. The molecule has 0 N–H and O–H groups in total. The molecular weight excluding hydrogens is 1030 g/mol. The van der Waals surface area contributed by atoms with Crippen molar-refractivity contribution in [2.24, 2.45) is 0 Å². The van der Waals surface area contributed by atoms with Gasteiger partial charge in [0.25, 0.3) is 0 Å². The molecule has 426 valence electrons. The van der Waals surface area contributed by atoms with E-state index in [-0.39, 0.29) is 38.5 Å². The Bertz CT molecular complexity index is 1890. The smallest absolute Gasteiger partial charge is 0.181 e. The topological polar surface area (TPSA) is 205 Å². The summed E-state index contributed by atoms with van der Waals surface area (Å²) in [6, 6.07) is 0. The van der Waals surface area contributed by atoms with Crippen LogP contribution in [0.4, 0.5) is 0 Å². The van der Waals surface area contributed by atoms with Gasteiger partial charge in [0.05, 0.1) is 34.5 Å². The number of benzene rings is 1. The van der Waals surface area contributed by atoms with Gasteiger partial charge in [-0.3, -0.25) is 0 Å². The van der Waals surface area contributed by atoms with E-state index in [1.165, 1.54) is 0 Å². The number of sulfone groups is 6. The van der Waals surface area contributed by atoms with Gasteiger partial charge in [0.15, 0.2) is 59.0 Å². The molecule has 0 unspecified atom stereocenters. The molecule has 72 heavy (non-hydrogen) atoms. The summed E-state index contributed by atoms with van der Waals surface area (Å²) < 4.78 is 185. The van der Waals surface area contributed by atoms with E-state index in [2.05, 4.69) is 0 Å². The van der Waals surface area contributed by atoms with Gasteiger partial charge in [0.1, 0.15) is 29.4 Å². The van der Waals surface area contributed by atoms with Crippen LogP contribution in [-0.4, -0.2) is 85.0 Å². The van der Waals surface area contributed by atoms with Gasteiger partial charge in [0.2, 0.25) is 0 Å². The molecule has 0 aliphatic heterocycles. The van der Waals surface area contributed by atoms with Gasteiger partial charge in [-0.25, -0.2) is 50.5 Å². The standard InChI is InChI=1S/C54H102O12S6/c1-7-13-19-25-31-37-43-67(55,56)49-50(68(57,58)44-38-32-26-20-14-8-2)52(70(61,62)46-40-34-28-22-16-10-4)54(72(65,66)48-42-36-30-24-18-12-6)53(71(63,64)47-41-35-29-23-17-11-5)51(49)69(59,60)45-39-33-27-21-15-9-3/h7-48H2,1-6H3. The summed E-state index contributed by atoms with van der Waals surface area (Å²) >= 11 is 0. The number of rotatable bonds is 48. The van der Waals surface area contributed by atoms with E-state index in [9.17, 15) is 0 Å². The van der Waals surface area contributed by atoms with Crippen molar-refractivity contribution in [3.05, 3.63) is 0 Å². The van der Waals surface area contributed by atoms with Crippen LogP contribution in [0.25, 0.3) is 0 Å². The van der Waals surface area contributed by atoms with E-state index in [1.807, 2.05) is 41.5 Å². The van der Waals surface area contributed by atoms with Gasteiger partial charge in [-0.2, -0.15) is 0 Å². The molecule has 1 rings (SSSR count). The lowest BCUT2D eigenvalue weighted by molar-refractivity contribution is 0.532. The van der Waals surface area contributed by atoms with E-state index in [0.29, 0.717) is 77.0 Å². The minimum atomic E-state index is -5.18. The minimum Gasteiger partial charge on any atom is -0.224 e. The first kappa shape index (κ1) is 68.9. The number of unbranched alkanes of at least 4 members (excludes halogenated alkanes) is 30. The van der Waals surface area contributed by atoms with Gasteiger partial charge in [0, 0.05) is 0 Å². The SMILES string of the molecule is CCCCCCCCS(=O)(=O)c1c(S(=O)(=O)CCCCCCCC)c(S(=O)(=O)CCCCCCCC)c(S(=O)(=O)CCCCCCCC)c(S(=O)(=O)CCCCCCCC)c1S(=O)(=O)CCCCCCCC. The lowest BCUT2D eigenvalue weighted by Crippen LogP contribution is -2.30. The summed E-state index contributed by atoms with van der Waals surface area (Å²) in [7, 11) is -31.1. The molecule has 0 spiro atoms. The van der Waals surface area contributed by atoms with Crippen molar-refractivity contribution in [1.29, 1.82) is 0 Å². The number of hydrogen-bond donors (Lipinski definition) is 0. The maximum Gasteiger partial charge on any atom is 0.181 e. The van der Waals surface area contributed by atoms with Crippen molar-refractivity contribution in [3.63, 3.8) is 0 Å². The molecule has 0 aliphatic carbocycles. The predicted octanol–water partition coefficient (Wildman–Crippen LogP) is 14.5. The third-order valence-electron chi connectivity index (χ3n) is 13.7. The van der Waals surface area contributed by atoms with Gasteiger partial charge in [-0.1, -0.05) is 234 Å². The van der Waals surface area contributed by atoms with Crippen LogP contribution in [0.1, 0.15) is 273 Å². The largest absolute Gasteiger partial charge is 0.224 e. The van der Waals surface area contributed by atoms with Crippen LogP contribution in [-0.2, 0) is 59.0 Å². The Morgan fingerprint density at radius 3 is 0.375 bits per heavy atom. The van der Waals surface area contributed by atoms with E-state index in [4.69, 9.17) is 0 Å². The molecule has 18 heteroatoms. The van der Waals surface area contributed by atoms with Crippen LogP contribution in [0.15, 0.2) is 29.4 Å². The minimum absolute atomic E-state index is 0.0440. The molecule has 1 aromatic rings. The Morgan fingerprint density at radius 1 is 0.167 bits per heavy atom. The molecule has 0 atom stereocenters. The van der Waals surface area contributed by atoms with Crippen LogP contribution in [0.3, 0.4) is 0 Å². The van der Waals surface area contributed by atoms with Gasteiger partial charge in [-0.05, 0) is 38.5 Å². The fraction of sp³-hybridized carbons (Fsp3) is 0.889. The summed E-state index contributed by atoms with van der Waals surface area (Å²) in [5, 5.41) is 0. The average molecular weight is 1140 g/mol. The van der Waals surface area contributed by atoms with E-state index >= 15 is 50.5 Å². The maximum atomic E-state index is 15.4.